The summed E-state index contributed by atoms with van der Waals surface area (Å²) in [5.74, 6) is -1.88. The van der Waals surface area contributed by atoms with Crippen LogP contribution < -0.4 is 21.7 Å². The third kappa shape index (κ3) is 6.86. The Labute approximate surface area is 205 Å². The molecular formula is C19H18ClF3N8O3S. The van der Waals surface area contributed by atoms with Gasteiger partial charge in [0.2, 0.25) is 11.8 Å². The van der Waals surface area contributed by atoms with Crippen LogP contribution in [0.3, 0.4) is 0 Å². The molecule has 1 aliphatic rings. The number of nitrogens with zero attached hydrogens (tertiary/aromatic N) is 4. The molecule has 2 atom stereocenters. The van der Waals surface area contributed by atoms with Crippen molar-refractivity contribution < 1.29 is 27.6 Å². The van der Waals surface area contributed by atoms with Gasteiger partial charge >= 0.3 is 6.18 Å². The Morgan fingerprint density at radius 2 is 1.91 bits per heavy atom. The standard InChI is InChI=1S/C19H18ClF3N8O3S/c1-8(29-16(33)11-3-14(28-7-27-11)30-15(32)4-24)18-26-6-12(35-18)17(34)31-13-2-9(19(21,22)23)10(20)5-25-13/h2-3,5,7-8,12H,4,6,24H2,1H3,(H,29,33)(H,25,31,34)(H,27,28,30,32). The number of alkyl halides is 3. The zero-order valence-corrected chi connectivity index (χ0v) is 19.5. The number of rotatable bonds is 7. The first-order valence-electron chi connectivity index (χ1n) is 9.85. The summed E-state index contributed by atoms with van der Waals surface area (Å²) in [4.78, 5) is 52.1. The molecule has 0 fully saturated rings. The SMILES string of the molecule is CC(NC(=O)c1cc(NC(=O)CN)ncn1)C1=NCC(C(=O)Nc2cc(C(F)(F)F)c(Cl)cn2)S1. The number of aliphatic imine (C=N–C) groups is 1. The van der Waals surface area contributed by atoms with Gasteiger partial charge in [-0.3, -0.25) is 19.4 Å². The van der Waals surface area contributed by atoms with Crippen LogP contribution in [0, 0.1) is 0 Å². The van der Waals surface area contributed by atoms with Crippen molar-refractivity contribution >= 4 is 57.8 Å². The summed E-state index contributed by atoms with van der Waals surface area (Å²) < 4.78 is 39.0. The van der Waals surface area contributed by atoms with Crippen LogP contribution in [-0.4, -0.2) is 62.1 Å². The Bertz CT molecular complexity index is 1180. The predicted molar refractivity (Wildman–Crippen MR) is 123 cm³/mol. The van der Waals surface area contributed by atoms with Crippen molar-refractivity contribution in [2.45, 2.75) is 24.4 Å². The van der Waals surface area contributed by atoms with Gasteiger partial charge in [0.15, 0.2) is 0 Å². The largest absolute Gasteiger partial charge is 0.418 e. The van der Waals surface area contributed by atoms with E-state index < -0.39 is 45.8 Å². The van der Waals surface area contributed by atoms with Gasteiger partial charge in [-0.1, -0.05) is 23.4 Å². The first kappa shape index (κ1) is 26.3. The van der Waals surface area contributed by atoms with Crippen LogP contribution in [0.5, 0.6) is 0 Å². The minimum atomic E-state index is -4.70. The van der Waals surface area contributed by atoms with Crippen molar-refractivity contribution in [3.63, 3.8) is 0 Å². The molecular weight excluding hydrogens is 513 g/mol. The summed E-state index contributed by atoms with van der Waals surface area (Å²) >= 11 is 6.59. The monoisotopic (exact) mass is 530 g/mol. The molecule has 3 rings (SSSR count). The van der Waals surface area contributed by atoms with Gasteiger partial charge in [-0.05, 0) is 13.0 Å². The molecule has 2 aromatic rings. The van der Waals surface area contributed by atoms with Crippen molar-refractivity contribution in [1.29, 1.82) is 0 Å². The molecule has 2 aromatic heterocycles. The van der Waals surface area contributed by atoms with Crippen molar-refractivity contribution in [2.75, 3.05) is 23.7 Å². The third-order valence-electron chi connectivity index (χ3n) is 4.45. The van der Waals surface area contributed by atoms with Crippen LogP contribution in [0.2, 0.25) is 5.02 Å². The minimum Gasteiger partial charge on any atom is -0.342 e. The number of carbonyl (C=O) groups is 3. The average Bonchev–Trinajstić information content (AvgIpc) is 3.30. The number of nitrogens with two attached hydrogens (primary N) is 1. The van der Waals surface area contributed by atoms with E-state index in [1.54, 1.807) is 6.92 Å². The second-order valence-electron chi connectivity index (χ2n) is 7.06. The molecule has 3 heterocycles. The van der Waals surface area contributed by atoms with Crippen LogP contribution in [0.15, 0.2) is 29.6 Å². The van der Waals surface area contributed by atoms with Crippen LogP contribution in [0.25, 0.3) is 0 Å². The number of aromatic nitrogens is 3. The Morgan fingerprint density at radius 3 is 2.60 bits per heavy atom. The molecule has 0 saturated carbocycles. The molecule has 186 valence electrons. The molecule has 0 aromatic carbocycles. The van der Waals surface area contributed by atoms with Crippen LogP contribution >= 0.6 is 23.4 Å². The molecule has 5 N–H and O–H groups in total. The summed E-state index contributed by atoms with van der Waals surface area (Å²) in [7, 11) is 0. The highest BCUT2D eigenvalue weighted by atomic mass is 35.5. The number of halogens is 4. The highest BCUT2D eigenvalue weighted by Gasteiger charge is 2.35. The lowest BCUT2D eigenvalue weighted by atomic mass is 10.2. The van der Waals surface area contributed by atoms with E-state index in [-0.39, 0.29) is 30.4 Å². The fourth-order valence-corrected chi connectivity index (χ4v) is 4.00. The highest BCUT2D eigenvalue weighted by Crippen LogP contribution is 2.35. The molecule has 16 heteroatoms. The number of hydrogen-bond donors (Lipinski definition) is 4. The van der Waals surface area contributed by atoms with E-state index in [1.807, 2.05) is 0 Å². The van der Waals surface area contributed by atoms with Gasteiger partial charge in [0.05, 0.1) is 34.8 Å². The van der Waals surface area contributed by atoms with Gasteiger partial charge in [-0.2, -0.15) is 13.2 Å². The third-order valence-corrected chi connectivity index (χ3v) is 6.12. The van der Waals surface area contributed by atoms with Gasteiger partial charge < -0.3 is 21.7 Å². The second-order valence-corrected chi connectivity index (χ2v) is 8.69. The predicted octanol–water partition coefficient (Wildman–Crippen LogP) is 1.71. The van der Waals surface area contributed by atoms with Crippen molar-refractivity contribution in [2.24, 2.45) is 10.7 Å². The average molecular weight is 531 g/mol. The summed E-state index contributed by atoms with van der Waals surface area (Å²) in [5, 5.41) is 6.51. The number of thioether (sulfide) groups is 1. The maximum Gasteiger partial charge on any atom is 0.418 e. The van der Waals surface area contributed by atoms with Gasteiger partial charge in [-0.15, -0.1) is 0 Å². The summed E-state index contributed by atoms with van der Waals surface area (Å²) in [6.45, 7) is 1.43. The molecule has 11 nitrogen and oxygen atoms in total. The Hall–Kier alpha value is -3.30. The lowest BCUT2D eigenvalue weighted by Gasteiger charge is -2.15. The summed E-state index contributed by atoms with van der Waals surface area (Å²) in [6, 6.07) is 1.31. The zero-order chi connectivity index (χ0) is 25.8. The van der Waals surface area contributed by atoms with Crippen molar-refractivity contribution in [3.8, 4) is 0 Å². The molecule has 0 spiro atoms. The fraction of sp³-hybridized carbons (Fsp3) is 0.316. The van der Waals surface area contributed by atoms with E-state index in [9.17, 15) is 27.6 Å². The highest BCUT2D eigenvalue weighted by molar-refractivity contribution is 8.15. The molecule has 2 unspecified atom stereocenters. The topological polar surface area (TPSA) is 164 Å². The summed E-state index contributed by atoms with van der Waals surface area (Å²) in [6.07, 6.45) is -2.80. The summed E-state index contributed by atoms with van der Waals surface area (Å²) in [5.41, 5.74) is 4.09. The normalized spacial score (nSPS) is 16.3. The van der Waals surface area contributed by atoms with E-state index in [0.29, 0.717) is 11.1 Å². The van der Waals surface area contributed by atoms with Crippen LogP contribution in [0.1, 0.15) is 23.0 Å². The van der Waals surface area contributed by atoms with Gasteiger partial charge in [-0.25, -0.2) is 15.0 Å². The Balaban J connectivity index is 1.57. The van der Waals surface area contributed by atoms with Crippen molar-refractivity contribution in [1.82, 2.24) is 20.3 Å². The molecule has 0 bridgehead atoms. The Kier molecular flexibility index (Phi) is 8.24. The first-order chi connectivity index (χ1) is 16.5. The molecule has 0 radical (unpaired) electrons. The number of pyridine rings is 1. The quantitative estimate of drug-likeness (QED) is 0.420. The lowest BCUT2D eigenvalue weighted by Crippen LogP contribution is -2.38. The molecule has 3 amide bonds. The van der Waals surface area contributed by atoms with Gasteiger partial charge in [0.1, 0.15) is 28.9 Å². The van der Waals surface area contributed by atoms with E-state index in [2.05, 4.69) is 35.9 Å². The number of amides is 3. The number of nitrogens with one attached hydrogen (secondary N) is 3. The van der Waals surface area contributed by atoms with Crippen molar-refractivity contribution in [3.05, 3.63) is 40.9 Å². The van der Waals surface area contributed by atoms with Gasteiger partial charge in [0, 0.05) is 12.3 Å². The fourth-order valence-electron chi connectivity index (χ4n) is 2.78. The number of anilines is 2. The zero-order valence-electron chi connectivity index (χ0n) is 17.9. The van der Waals surface area contributed by atoms with E-state index >= 15 is 0 Å². The maximum absolute atomic E-state index is 13.0. The van der Waals surface area contributed by atoms with E-state index in [1.165, 1.54) is 6.07 Å². The van der Waals surface area contributed by atoms with Crippen LogP contribution in [0.4, 0.5) is 24.8 Å². The first-order valence-corrected chi connectivity index (χ1v) is 11.1. The molecule has 0 saturated heterocycles. The number of carbonyl (C=O) groups excluding carboxylic acids is 3. The number of hydrogen-bond acceptors (Lipinski definition) is 9. The molecule has 1 aliphatic heterocycles. The smallest absolute Gasteiger partial charge is 0.342 e. The van der Waals surface area contributed by atoms with Gasteiger partial charge in [0.25, 0.3) is 5.91 Å². The lowest BCUT2D eigenvalue weighted by molar-refractivity contribution is -0.137. The maximum atomic E-state index is 13.0. The van der Waals surface area contributed by atoms with E-state index in [4.69, 9.17) is 17.3 Å². The second kappa shape index (κ2) is 11.0. The van der Waals surface area contributed by atoms with E-state index in [0.717, 1.165) is 24.3 Å². The Morgan fingerprint density at radius 1 is 1.20 bits per heavy atom. The minimum absolute atomic E-state index is 0.0219. The molecule has 0 aliphatic carbocycles. The van der Waals surface area contributed by atoms with Crippen LogP contribution in [-0.2, 0) is 15.8 Å². The molecule has 35 heavy (non-hydrogen) atoms.